The van der Waals surface area contributed by atoms with Gasteiger partial charge in [0.1, 0.15) is 0 Å². The van der Waals surface area contributed by atoms with Gasteiger partial charge in [-0.1, -0.05) is 33.1 Å². The van der Waals surface area contributed by atoms with Gasteiger partial charge in [0.05, 0.1) is 0 Å². The zero-order chi connectivity index (χ0) is 13.7. The van der Waals surface area contributed by atoms with Crippen molar-refractivity contribution in [3.05, 3.63) is 22.7 Å². The minimum atomic E-state index is 0.0374. The smallest absolute Gasteiger partial charge is 0.293 e. The summed E-state index contributed by atoms with van der Waals surface area (Å²) in [6.07, 6.45) is 10.6. The molecule has 1 fully saturated rings. The zero-order valence-corrected chi connectivity index (χ0v) is 12.1. The molecule has 0 aliphatic heterocycles. The van der Waals surface area contributed by atoms with Crippen LogP contribution in [0.2, 0.25) is 0 Å². The van der Waals surface area contributed by atoms with E-state index in [9.17, 15) is 4.79 Å². The summed E-state index contributed by atoms with van der Waals surface area (Å²) in [4.78, 5) is 16.4. The van der Waals surface area contributed by atoms with Gasteiger partial charge in [-0.25, -0.2) is 4.98 Å². The van der Waals surface area contributed by atoms with Crippen LogP contribution < -0.4 is 10.9 Å². The molecule has 0 bridgehead atoms. The number of nitrogens with one attached hydrogen (secondary N) is 1. The number of nitrogens with zero attached hydrogens (tertiary/aromatic N) is 2. The molecule has 0 amide bonds. The van der Waals surface area contributed by atoms with Crippen LogP contribution in [0.3, 0.4) is 0 Å². The molecule has 1 saturated carbocycles. The Morgan fingerprint density at radius 2 is 2.26 bits per heavy atom. The Hall–Kier alpha value is -1.32. The van der Waals surface area contributed by atoms with Crippen molar-refractivity contribution in [1.82, 2.24) is 9.55 Å². The summed E-state index contributed by atoms with van der Waals surface area (Å²) < 4.78 is 1.82. The average Bonchev–Trinajstić information content (AvgIpc) is 3.25. The van der Waals surface area contributed by atoms with E-state index in [0.717, 1.165) is 25.8 Å². The quantitative estimate of drug-likeness (QED) is 0.783. The summed E-state index contributed by atoms with van der Waals surface area (Å²) in [7, 11) is 0. The highest BCUT2D eigenvalue weighted by Gasteiger charge is 2.25. The van der Waals surface area contributed by atoms with E-state index in [1.807, 2.05) is 4.57 Å². The van der Waals surface area contributed by atoms with E-state index in [1.165, 1.54) is 19.3 Å². The second-order valence-corrected chi connectivity index (χ2v) is 5.52. The lowest BCUT2D eigenvalue weighted by Gasteiger charge is -2.15. The Morgan fingerprint density at radius 1 is 1.47 bits per heavy atom. The molecule has 0 saturated heterocycles. The van der Waals surface area contributed by atoms with Crippen LogP contribution in [-0.2, 0) is 0 Å². The first-order chi connectivity index (χ1) is 9.26. The van der Waals surface area contributed by atoms with E-state index >= 15 is 0 Å². The molecule has 1 N–H and O–H groups in total. The molecule has 1 aromatic rings. The van der Waals surface area contributed by atoms with Crippen LogP contribution in [0, 0.1) is 5.92 Å². The van der Waals surface area contributed by atoms with E-state index in [4.69, 9.17) is 0 Å². The summed E-state index contributed by atoms with van der Waals surface area (Å²) in [6.45, 7) is 5.28. The third-order valence-corrected chi connectivity index (χ3v) is 3.91. The zero-order valence-electron chi connectivity index (χ0n) is 12.1. The van der Waals surface area contributed by atoms with Gasteiger partial charge in [0.15, 0.2) is 5.82 Å². The summed E-state index contributed by atoms with van der Waals surface area (Å²) in [6, 6.07) is 0.415. The largest absolute Gasteiger partial charge is 0.365 e. The SMILES string of the molecule is CCCCC(CC)CNc1nccn(C2CC2)c1=O. The standard InChI is InChI=1S/C15H25N3O/c1-3-5-6-12(4-2)11-17-14-15(19)18(10-9-16-14)13-7-8-13/h9-10,12-13H,3-8,11H2,1-2H3,(H,16,17). The molecule has 1 unspecified atom stereocenters. The maximum atomic E-state index is 12.2. The van der Waals surface area contributed by atoms with Gasteiger partial charge in [-0.05, 0) is 25.2 Å². The van der Waals surface area contributed by atoms with Gasteiger partial charge in [-0.3, -0.25) is 4.79 Å². The van der Waals surface area contributed by atoms with Crippen LogP contribution >= 0.6 is 0 Å². The van der Waals surface area contributed by atoms with Crippen LogP contribution in [-0.4, -0.2) is 16.1 Å². The lowest BCUT2D eigenvalue weighted by Crippen LogP contribution is -2.26. The second-order valence-electron chi connectivity index (χ2n) is 5.52. The van der Waals surface area contributed by atoms with Gasteiger partial charge in [-0.2, -0.15) is 0 Å². The predicted molar refractivity (Wildman–Crippen MR) is 78.6 cm³/mol. The molecular weight excluding hydrogens is 238 g/mol. The van der Waals surface area contributed by atoms with Gasteiger partial charge in [0.25, 0.3) is 5.56 Å². The molecule has 0 radical (unpaired) electrons. The number of hydrogen-bond donors (Lipinski definition) is 1. The first-order valence-corrected chi connectivity index (χ1v) is 7.57. The first-order valence-electron chi connectivity index (χ1n) is 7.57. The Labute approximate surface area is 115 Å². The molecule has 1 aliphatic rings. The fourth-order valence-electron chi connectivity index (χ4n) is 2.37. The Bertz CT molecular complexity index is 451. The molecule has 4 heteroatoms. The number of rotatable bonds is 8. The molecule has 0 aromatic carbocycles. The predicted octanol–water partition coefficient (Wildman–Crippen LogP) is 3.21. The normalized spacial score (nSPS) is 16.3. The Kier molecular flexibility index (Phi) is 5.00. The van der Waals surface area contributed by atoms with Gasteiger partial charge in [0.2, 0.25) is 0 Å². The van der Waals surface area contributed by atoms with Crippen molar-refractivity contribution in [2.75, 3.05) is 11.9 Å². The number of unbranched alkanes of at least 4 members (excludes halogenated alkanes) is 1. The highest BCUT2D eigenvalue weighted by atomic mass is 16.1. The van der Waals surface area contributed by atoms with Gasteiger partial charge >= 0.3 is 0 Å². The lowest BCUT2D eigenvalue weighted by molar-refractivity contribution is 0.472. The number of aromatic nitrogens is 2. The van der Waals surface area contributed by atoms with E-state index in [2.05, 4.69) is 24.1 Å². The van der Waals surface area contributed by atoms with Crippen molar-refractivity contribution in [3.8, 4) is 0 Å². The molecule has 0 spiro atoms. The lowest BCUT2D eigenvalue weighted by atomic mass is 9.99. The molecule has 4 nitrogen and oxygen atoms in total. The molecule has 1 aliphatic carbocycles. The van der Waals surface area contributed by atoms with Crippen LogP contribution in [0.15, 0.2) is 17.2 Å². The molecular formula is C15H25N3O. The third kappa shape index (κ3) is 3.82. The molecule has 19 heavy (non-hydrogen) atoms. The van der Waals surface area contributed by atoms with Crippen molar-refractivity contribution >= 4 is 5.82 Å². The molecule has 2 rings (SSSR count). The highest BCUT2D eigenvalue weighted by molar-refractivity contribution is 5.31. The summed E-state index contributed by atoms with van der Waals surface area (Å²) in [5.41, 5.74) is 0.0374. The fourth-order valence-corrected chi connectivity index (χ4v) is 2.37. The number of anilines is 1. The van der Waals surface area contributed by atoms with Crippen molar-refractivity contribution in [2.24, 2.45) is 5.92 Å². The highest BCUT2D eigenvalue weighted by Crippen LogP contribution is 2.33. The van der Waals surface area contributed by atoms with Gasteiger partial charge in [-0.15, -0.1) is 0 Å². The van der Waals surface area contributed by atoms with Crippen LogP contribution in [0.4, 0.5) is 5.82 Å². The molecule has 1 heterocycles. The maximum Gasteiger partial charge on any atom is 0.293 e. The molecule has 1 atom stereocenters. The summed E-state index contributed by atoms with van der Waals surface area (Å²) >= 11 is 0. The van der Waals surface area contributed by atoms with Crippen molar-refractivity contribution < 1.29 is 0 Å². The van der Waals surface area contributed by atoms with Crippen molar-refractivity contribution in [1.29, 1.82) is 0 Å². The molecule has 106 valence electrons. The fraction of sp³-hybridized carbons (Fsp3) is 0.733. The average molecular weight is 263 g/mol. The number of hydrogen-bond acceptors (Lipinski definition) is 3. The van der Waals surface area contributed by atoms with E-state index < -0.39 is 0 Å². The minimum absolute atomic E-state index is 0.0374. The topological polar surface area (TPSA) is 46.9 Å². The summed E-state index contributed by atoms with van der Waals surface area (Å²) in [5.74, 6) is 1.15. The van der Waals surface area contributed by atoms with Crippen molar-refractivity contribution in [3.63, 3.8) is 0 Å². The monoisotopic (exact) mass is 263 g/mol. The van der Waals surface area contributed by atoms with Gasteiger partial charge < -0.3 is 9.88 Å². The van der Waals surface area contributed by atoms with Gasteiger partial charge in [0, 0.05) is 25.0 Å². The molecule has 1 aromatic heterocycles. The van der Waals surface area contributed by atoms with E-state index in [-0.39, 0.29) is 5.56 Å². The van der Waals surface area contributed by atoms with Crippen LogP contribution in [0.25, 0.3) is 0 Å². The second kappa shape index (κ2) is 6.73. The minimum Gasteiger partial charge on any atom is -0.365 e. The summed E-state index contributed by atoms with van der Waals surface area (Å²) in [5, 5.41) is 3.25. The Morgan fingerprint density at radius 3 is 2.89 bits per heavy atom. The maximum absolute atomic E-state index is 12.2. The Balaban J connectivity index is 1.95. The van der Waals surface area contributed by atoms with Crippen molar-refractivity contribution in [2.45, 2.75) is 58.4 Å². The van der Waals surface area contributed by atoms with Crippen LogP contribution in [0.5, 0.6) is 0 Å². The van der Waals surface area contributed by atoms with E-state index in [1.54, 1.807) is 12.4 Å². The third-order valence-electron chi connectivity index (χ3n) is 3.91. The van der Waals surface area contributed by atoms with Crippen LogP contribution in [0.1, 0.15) is 58.4 Å². The first kappa shape index (κ1) is 14.1. The van der Waals surface area contributed by atoms with E-state index in [0.29, 0.717) is 17.8 Å².